The van der Waals surface area contributed by atoms with Crippen LogP contribution in [-0.2, 0) is 23.6 Å². The van der Waals surface area contributed by atoms with E-state index in [-0.39, 0.29) is 12.8 Å². The fourth-order valence-corrected chi connectivity index (χ4v) is 7.06. The summed E-state index contributed by atoms with van der Waals surface area (Å²) >= 11 is 0. The fourth-order valence-electron chi connectivity index (χ4n) is 6.23. The number of unbranched alkanes of at least 4 members (excludes halogenated alkanes) is 23. The number of hydrogen-bond acceptors (Lipinski definition) is 8. The first-order valence-electron chi connectivity index (χ1n) is 20.6. The lowest BCUT2D eigenvalue weighted by atomic mass is 10.0. The quantitative estimate of drug-likeness (QED) is 0.0177. The van der Waals surface area contributed by atoms with Gasteiger partial charge in [0, 0.05) is 12.8 Å². The van der Waals surface area contributed by atoms with E-state index >= 15 is 0 Å². The molecule has 0 heterocycles. The first-order valence-corrected chi connectivity index (χ1v) is 22.3. The van der Waals surface area contributed by atoms with Gasteiger partial charge in [-0.2, -0.15) is 0 Å². The van der Waals surface area contributed by atoms with E-state index in [9.17, 15) is 39.3 Å². The van der Waals surface area contributed by atoms with Crippen molar-refractivity contribution in [3.8, 4) is 0 Å². The number of rotatable bonds is 38. The SMILES string of the molecule is CCCCCCCC/C=C\CCCCCCCC(=O)C(OC(C(O)CO)P(=O)(O)O)[C@H](CO)OC(=O)CCCCCCCCCCCCCCC. The Morgan fingerprint density at radius 3 is 1.37 bits per heavy atom. The van der Waals surface area contributed by atoms with Crippen molar-refractivity contribution in [2.75, 3.05) is 13.2 Å². The summed E-state index contributed by atoms with van der Waals surface area (Å²) in [5.41, 5.74) is 0. The van der Waals surface area contributed by atoms with Crippen LogP contribution in [0.25, 0.3) is 0 Å². The summed E-state index contributed by atoms with van der Waals surface area (Å²) in [7, 11) is -5.15. The smallest absolute Gasteiger partial charge is 0.356 e. The van der Waals surface area contributed by atoms with Gasteiger partial charge in [-0.15, -0.1) is 0 Å². The maximum atomic E-state index is 13.3. The molecule has 3 unspecified atom stereocenters. The molecule has 0 spiro atoms. The number of carbonyl (C=O) groups is 2. The first kappa shape index (κ1) is 49.9. The van der Waals surface area contributed by atoms with E-state index in [0.717, 1.165) is 57.8 Å². The van der Waals surface area contributed by atoms with Gasteiger partial charge in [0.15, 0.2) is 23.8 Å². The second kappa shape index (κ2) is 34.6. The zero-order chi connectivity index (χ0) is 38.0. The molecule has 0 aromatic rings. The number of allylic oxidation sites excluding steroid dienone is 2. The maximum absolute atomic E-state index is 13.3. The molecule has 0 aromatic carbocycles. The minimum absolute atomic E-state index is 0.0150. The molecule has 0 aliphatic rings. The van der Waals surface area contributed by atoms with Gasteiger partial charge in [0.05, 0.1) is 13.2 Å². The van der Waals surface area contributed by atoms with Gasteiger partial charge in [-0.3, -0.25) is 14.2 Å². The molecule has 0 amide bonds. The van der Waals surface area contributed by atoms with Crippen molar-refractivity contribution >= 4 is 19.3 Å². The van der Waals surface area contributed by atoms with Crippen LogP contribution in [0.4, 0.5) is 0 Å². The molecule has 0 saturated carbocycles. The molecule has 0 saturated heterocycles. The molecular formula is C40H77O10P. The van der Waals surface area contributed by atoms with E-state index in [1.165, 1.54) is 96.3 Å². The van der Waals surface area contributed by atoms with Crippen LogP contribution in [0.3, 0.4) is 0 Å². The van der Waals surface area contributed by atoms with E-state index in [1.54, 1.807) is 0 Å². The van der Waals surface area contributed by atoms with Crippen molar-refractivity contribution in [3.05, 3.63) is 12.2 Å². The van der Waals surface area contributed by atoms with Crippen LogP contribution in [-0.4, -0.2) is 74.2 Å². The molecule has 0 aliphatic heterocycles. The number of aliphatic hydroxyl groups excluding tert-OH is 3. The molecule has 51 heavy (non-hydrogen) atoms. The fraction of sp³-hybridized carbons (Fsp3) is 0.900. The van der Waals surface area contributed by atoms with E-state index in [0.29, 0.717) is 12.8 Å². The Morgan fingerprint density at radius 1 is 0.588 bits per heavy atom. The number of esters is 1. The molecule has 302 valence electrons. The van der Waals surface area contributed by atoms with Crippen molar-refractivity contribution in [2.24, 2.45) is 0 Å². The van der Waals surface area contributed by atoms with Gasteiger partial charge in [0.25, 0.3) is 0 Å². The highest BCUT2D eigenvalue weighted by Gasteiger charge is 2.43. The number of ether oxygens (including phenoxy) is 2. The molecular weight excluding hydrogens is 671 g/mol. The first-order chi connectivity index (χ1) is 24.6. The summed E-state index contributed by atoms with van der Waals surface area (Å²) in [6.45, 7) is 2.62. The Bertz CT molecular complexity index is 892. The third-order valence-electron chi connectivity index (χ3n) is 9.42. The molecule has 0 radical (unpaired) electrons. The summed E-state index contributed by atoms with van der Waals surface area (Å²) in [4.78, 5) is 45.5. The predicted octanol–water partition coefficient (Wildman–Crippen LogP) is 9.22. The molecule has 11 heteroatoms. The molecule has 0 bridgehead atoms. The van der Waals surface area contributed by atoms with E-state index in [4.69, 9.17) is 9.47 Å². The van der Waals surface area contributed by atoms with Crippen LogP contribution in [0.2, 0.25) is 0 Å². The monoisotopic (exact) mass is 749 g/mol. The highest BCUT2D eigenvalue weighted by molar-refractivity contribution is 7.52. The Hall–Kier alpha value is -1.13. The Labute approximate surface area is 310 Å². The van der Waals surface area contributed by atoms with Gasteiger partial charge in [-0.05, 0) is 38.5 Å². The summed E-state index contributed by atoms with van der Waals surface area (Å²) < 4.78 is 22.9. The second-order valence-electron chi connectivity index (χ2n) is 14.3. The third-order valence-corrected chi connectivity index (χ3v) is 10.5. The molecule has 10 nitrogen and oxygen atoms in total. The van der Waals surface area contributed by atoms with Gasteiger partial charge in [0.2, 0.25) is 0 Å². The topological polar surface area (TPSA) is 171 Å². The molecule has 0 rings (SSSR count). The van der Waals surface area contributed by atoms with E-state index in [1.807, 2.05) is 0 Å². The summed E-state index contributed by atoms with van der Waals surface area (Å²) in [5, 5.41) is 29.5. The van der Waals surface area contributed by atoms with Gasteiger partial charge in [0.1, 0.15) is 6.10 Å². The van der Waals surface area contributed by atoms with Crippen LogP contribution >= 0.6 is 7.60 Å². The van der Waals surface area contributed by atoms with Crippen molar-refractivity contribution in [1.29, 1.82) is 0 Å². The second-order valence-corrected chi connectivity index (χ2v) is 16.0. The van der Waals surface area contributed by atoms with Crippen molar-refractivity contribution in [2.45, 2.75) is 218 Å². The predicted molar refractivity (Wildman–Crippen MR) is 206 cm³/mol. The number of hydrogen-bond donors (Lipinski definition) is 5. The lowest BCUT2D eigenvalue weighted by Gasteiger charge is -2.31. The largest absolute Gasteiger partial charge is 0.457 e. The Balaban J connectivity index is 4.70. The van der Waals surface area contributed by atoms with E-state index < -0.39 is 56.7 Å². The van der Waals surface area contributed by atoms with Gasteiger partial charge in [-0.1, -0.05) is 154 Å². The molecule has 0 aliphatic carbocycles. The Kier molecular flexibility index (Phi) is 33.9. The average Bonchev–Trinajstić information content (AvgIpc) is 3.10. The number of ketones is 1. The van der Waals surface area contributed by atoms with Crippen molar-refractivity contribution in [1.82, 2.24) is 0 Å². The lowest BCUT2D eigenvalue weighted by Crippen LogP contribution is -2.47. The standard InChI is InChI=1S/C40H77O10P/c1-3-5-7-9-11-13-15-17-18-20-21-23-25-27-29-31-35(43)39(50-40(36(44)33-41)51(46,47)48)37(34-42)49-38(45)32-30-28-26-24-22-19-16-14-12-10-8-6-4-2/h17-18,36-37,39-42,44H,3-16,19-34H2,1-2H3,(H2,46,47,48)/b18-17-/t36?,37-,39?,40?/m0/s1. The van der Waals surface area contributed by atoms with Crippen LogP contribution in [0.1, 0.15) is 194 Å². The minimum atomic E-state index is -5.15. The van der Waals surface area contributed by atoms with Crippen LogP contribution in [0.5, 0.6) is 0 Å². The average molecular weight is 749 g/mol. The van der Waals surface area contributed by atoms with Gasteiger partial charge >= 0.3 is 13.6 Å². The number of Topliss-reactive ketones (excluding diaryl/α,β-unsaturated/α-hetero) is 1. The van der Waals surface area contributed by atoms with E-state index in [2.05, 4.69) is 26.0 Å². The molecule has 5 N–H and O–H groups in total. The van der Waals surface area contributed by atoms with Crippen LogP contribution in [0, 0.1) is 0 Å². The highest BCUT2D eigenvalue weighted by Crippen LogP contribution is 2.44. The number of aliphatic hydroxyl groups is 3. The van der Waals surface area contributed by atoms with Crippen molar-refractivity contribution < 1.29 is 48.7 Å². The third kappa shape index (κ3) is 29.0. The van der Waals surface area contributed by atoms with Crippen LogP contribution in [0.15, 0.2) is 12.2 Å². The van der Waals surface area contributed by atoms with Gasteiger partial charge in [-0.25, -0.2) is 0 Å². The summed E-state index contributed by atoms with van der Waals surface area (Å²) in [6.07, 6.45) is 28.5. The summed E-state index contributed by atoms with van der Waals surface area (Å²) in [6, 6.07) is 0. The van der Waals surface area contributed by atoms with Crippen molar-refractivity contribution in [3.63, 3.8) is 0 Å². The number of carbonyl (C=O) groups excluding carboxylic acids is 2. The normalized spacial score (nSPS) is 14.5. The zero-order valence-corrected chi connectivity index (χ0v) is 33.3. The maximum Gasteiger partial charge on any atom is 0.356 e. The highest BCUT2D eigenvalue weighted by atomic mass is 31.2. The lowest BCUT2D eigenvalue weighted by molar-refractivity contribution is -0.171. The van der Waals surface area contributed by atoms with Crippen LogP contribution < -0.4 is 0 Å². The molecule has 4 atom stereocenters. The minimum Gasteiger partial charge on any atom is -0.457 e. The summed E-state index contributed by atoms with van der Waals surface area (Å²) in [5.74, 6) is -3.46. The van der Waals surface area contributed by atoms with Gasteiger partial charge < -0.3 is 34.6 Å². The Morgan fingerprint density at radius 2 is 0.980 bits per heavy atom. The zero-order valence-electron chi connectivity index (χ0n) is 32.4. The molecule has 0 aromatic heterocycles. The molecule has 0 fully saturated rings.